The van der Waals surface area contributed by atoms with Crippen LogP contribution in [0.5, 0.6) is 0 Å². The quantitative estimate of drug-likeness (QED) is 0.552. The van der Waals surface area contributed by atoms with Crippen molar-refractivity contribution >= 4 is 15.0 Å². The van der Waals surface area contributed by atoms with Crippen LogP contribution in [0, 0.1) is 5.41 Å². The summed E-state index contributed by atoms with van der Waals surface area (Å²) >= 11 is 0. The van der Waals surface area contributed by atoms with Crippen LogP contribution in [0.3, 0.4) is 0 Å². The van der Waals surface area contributed by atoms with E-state index in [2.05, 4.69) is 0 Å². The first-order valence-corrected chi connectivity index (χ1v) is 7.48. The van der Waals surface area contributed by atoms with Gasteiger partial charge in [-0.1, -0.05) is 20.8 Å². The summed E-state index contributed by atoms with van der Waals surface area (Å²) in [5.41, 5.74) is -0.281. The summed E-state index contributed by atoms with van der Waals surface area (Å²) in [5.74, 6) is -3.31. The lowest BCUT2D eigenvalue weighted by atomic mass is 9.87. The van der Waals surface area contributed by atoms with E-state index >= 15 is 0 Å². The van der Waals surface area contributed by atoms with Crippen molar-refractivity contribution in [3.8, 4) is 0 Å². The fraction of sp³-hybridized carbons (Fsp3) is 0.889. The van der Waals surface area contributed by atoms with E-state index in [0.717, 1.165) is 0 Å². The lowest BCUT2D eigenvalue weighted by molar-refractivity contribution is -0.203. The Kier molecular flexibility index (Phi) is 4.29. The van der Waals surface area contributed by atoms with Gasteiger partial charge in [-0.3, -0.25) is 0 Å². The summed E-state index contributed by atoms with van der Waals surface area (Å²) in [6.45, 7) is 9.26. The highest BCUT2D eigenvalue weighted by Crippen LogP contribution is 2.28. The Morgan fingerprint density at radius 1 is 1.36 bits per heavy atom. The van der Waals surface area contributed by atoms with E-state index in [-0.39, 0.29) is 11.8 Å². The molecular weight excluding hydrogens is 200 g/mol. The summed E-state index contributed by atoms with van der Waals surface area (Å²) in [4.78, 5) is 10.9. The first-order chi connectivity index (χ1) is 6.07. The molecule has 0 aliphatic carbocycles. The van der Waals surface area contributed by atoms with Crippen LogP contribution in [-0.2, 0) is 9.22 Å². The normalized spacial score (nSPS) is 16.8. The van der Waals surface area contributed by atoms with Crippen molar-refractivity contribution in [1.29, 1.82) is 0 Å². The third-order valence-electron chi connectivity index (χ3n) is 1.53. The number of carboxylic acids is 1. The fourth-order valence-corrected chi connectivity index (χ4v) is 2.24. The van der Waals surface area contributed by atoms with Gasteiger partial charge in [-0.05, 0) is 18.5 Å². The van der Waals surface area contributed by atoms with E-state index in [1.165, 1.54) is 0 Å². The van der Waals surface area contributed by atoms with E-state index in [1.807, 2.05) is 33.9 Å². The Bertz CT molecular complexity index is 209. The number of hydrogen-bond acceptors (Lipinski definition) is 3. The maximum absolute atomic E-state index is 10.9. The van der Waals surface area contributed by atoms with E-state index in [9.17, 15) is 9.90 Å². The zero-order valence-electron chi connectivity index (χ0n) is 9.50. The van der Waals surface area contributed by atoms with Gasteiger partial charge in [0.2, 0.25) is 0 Å². The third kappa shape index (κ3) is 4.73. The van der Waals surface area contributed by atoms with Gasteiger partial charge in [0, 0.05) is 6.42 Å². The van der Waals surface area contributed by atoms with Crippen molar-refractivity contribution in [3.05, 3.63) is 0 Å². The van der Waals surface area contributed by atoms with Crippen LogP contribution in [0.4, 0.5) is 0 Å². The SMILES string of the molecule is C[SiH](C)OC(O)(CC(C)(C)C)C(=O)O. The molecule has 2 N–H and O–H groups in total. The Morgan fingerprint density at radius 3 is 2.00 bits per heavy atom. The van der Waals surface area contributed by atoms with Crippen molar-refractivity contribution < 1.29 is 19.4 Å². The molecule has 0 rings (SSSR count). The Labute approximate surface area is 86.6 Å². The molecule has 14 heavy (non-hydrogen) atoms. The van der Waals surface area contributed by atoms with Gasteiger partial charge in [-0.15, -0.1) is 0 Å². The van der Waals surface area contributed by atoms with Gasteiger partial charge in [0.25, 0.3) is 5.79 Å². The number of carboxylic acid groups (broad SMARTS) is 1. The number of hydrogen-bond donors (Lipinski definition) is 2. The molecule has 0 aliphatic heterocycles. The summed E-state index contributed by atoms with van der Waals surface area (Å²) in [6, 6.07) is 0. The summed E-state index contributed by atoms with van der Waals surface area (Å²) in [6.07, 6.45) is 0.0977. The molecule has 0 saturated carbocycles. The molecular formula is C9H20O4Si. The second-order valence-electron chi connectivity index (χ2n) is 4.99. The molecule has 0 spiro atoms. The fourth-order valence-electron chi connectivity index (χ4n) is 1.28. The second-order valence-corrected chi connectivity index (χ2v) is 7.33. The van der Waals surface area contributed by atoms with E-state index in [0.29, 0.717) is 0 Å². The van der Waals surface area contributed by atoms with E-state index in [4.69, 9.17) is 9.53 Å². The minimum Gasteiger partial charge on any atom is -0.477 e. The molecule has 0 bridgehead atoms. The lowest BCUT2D eigenvalue weighted by Crippen LogP contribution is -2.47. The first kappa shape index (κ1) is 13.6. The maximum Gasteiger partial charge on any atom is 0.363 e. The number of aliphatic hydroxyl groups is 1. The number of aliphatic carboxylic acids is 1. The van der Waals surface area contributed by atoms with Crippen molar-refractivity contribution in [2.24, 2.45) is 5.41 Å². The van der Waals surface area contributed by atoms with Crippen LogP contribution in [0.2, 0.25) is 13.1 Å². The predicted octanol–water partition coefficient (Wildman–Crippen LogP) is 1.20. The molecule has 0 aromatic carbocycles. The van der Waals surface area contributed by atoms with Crippen molar-refractivity contribution in [3.63, 3.8) is 0 Å². The molecule has 1 unspecified atom stereocenters. The Balaban J connectivity index is 4.65. The Hall–Kier alpha value is -0.393. The van der Waals surface area contributed by atoms with Crippen LogP contribution in [0.15, 0.2) is 0 Å². The minimum atomic E-state index is -2.02. The van der Waals surface area contributed by atoms with Crippen molar-refractivity contribution in [1.82, 2.24) is 0 Å². The highest BCUT2D eigenvalue weighted by Gasteiger charge is 2.41. The summed E-state index contributed by atoms with van der Waals surface area (Å²) in [7, 11) is -1.57. The topological polar surface area (TPSA) is 66.8 Å². The van der Waals surface area contributed by atoms with Crippen LogP contribution in [-0.4, -0.2) is 31.0 Å². The van der Waals surface area contributed by atoms with Gasteiger partial charge < -0.3 is 14.6 Å². The smallest absolute Gasteiger partial charge is 0.363 e. The van der Waals surface area contributed by atoms with Gasteiger partial charge in [0.15, 0.2) is 9.04 Å². The standard InChI is InChI=1S/C9H20O4Si/c1-8(2,3)6-9(12,7(10)11)13-14(4)5/h12,14H,6H2,1-5H3,(H,10,11). The van der Waals surface area contributed by atoms with Gasteiger partial charge in [-0.25, -0.2) is 4.79 Å². The van der Waals surface area contributed by atoms with Crippen LogP contribution in [0.25, 0.3) is 0 Å². The molecule has 4 nitrogen and oxygen atoms in total. The summed E-state index contributed by atoms with van der Waals surface area (Å²) < 4.78 is 5.17. The minimum absolute atomic E-state index is 0.0977. The molecule has 0 heterocycles. The van der Waals surface area contributed by atoms with E-state index < -0.39 is 20.8 Å². The van der Waals surface area contributed by atoms with Gasteiger partial charge in [-0.2, -0.15) is 0 Å². The third-order valence-corrected chi connectivity index (χ3v) is 2.40. The molecule has 0 amide bonds. The maximum atomic E-state index is 10.9. The number of rotatable bonds is 4. The zero-order chi connectivity index (χ0) is 11.6. The molecule has 0 radical (unpaired) electrons. The van der Waals surface area contributed by atoms with Crippen LogP contribution >= 0.6 is 0 Å². The molecule has 0 saturated heterocycles. The van der Waals surface area contributed by atoms with E-state index in [1.54, 1.807) is 0 Å². The number of carbonyl (C=O) groups is 1. The average molecular weight is 220 g/mol. The highest BCUT2D eigenvalue weighted by molar-refractivity contribution is 6.48. The second kappa shape index (κ2) is 4.42. The molecule has 5 heteroatoms. The average Bonchev–Trinajstić information content (AvgIpc) is 1.79. The van der Waals surface area contributed by atoms with Crippen LogP contribution < -0.4 is 0 Å². The monoisotopic (exact) mass is 220 g/mol. The molecule has 0 fully saturated rings. The predicted molar refractivity (Wildman–Crippen MR) is 56.6 cm³/mol. The molecule has 0 aromatic rings. The van der Waals surface area contributed by atoms with Gasteiger partial charge in [0.05, 0.1) is 0 Å². The lowest BCUT2D eigenvalue weighted by Gasteiger charge is -2.32. The van der Waals surface area contributed by atoms with Crippen molar-refractivity contribution in [2.75, 3.05) is 0 Å². The summed E-state index contributed by atoms with van der Waals surface area (Å²) in [5, 5.41) is 18.7. The first-order valence-electron chi connectivity index (χ1n) is 4.70. The zero-order valence-corrected chi connectivity index (χ0v) is 10.7. The Morgan fingerprint density at radius 2 is 1.79 bits per heavy atom. The molecule has 84 valence electrons. The van der Waals surface area contributed by atoms with Gasteiger partial charge >= 0.3 is 5.97 Å². The molecule has 1 atom stereocenters. The van der Waals surface area contributed by atoms with Gasteiger partial charge in [0.1, 0.15) is 0 Å². The van der Waals surface area contributed by atoms with Crippen LogP contribution in [0.1, 0.15) is 27.2 Å². The van der Waals surface area contributed by atoms with Crippen molar-refractivity contribution in [2.45, 2.75) is 46.1 Å². The highest BCUT2D eigenvalue weighted by atomic mass is 28.3. The molecule has 0 aromatic heterocycles. The largest absolute Gasteiger partial charge is 0.477 e. The molecule has 0 aliphatic rings.